The Morgan fingerprint density at radius 3 is 2.71 bits per heavy atom. The quantitative estimate of drug-likeness (QED) is 0.347. The van der Waals surface area contributed by atoms with E-state index in [9.17, 15) is 9.59 Å². The zero-order valence-electron chi connectivity index (χ0n) is 7.29. The lowest BCUT2D eigenvalue weighted by atomic mass is 9.84. The Hall–Kier alpha value is -1.03. The summed E-state index contributed by atoms with van der Waals surface area (Å²) in [6.07, 6.45) is 4.88. The Balaban J connectivity index is 2.09. The largest absolute Gasteiger partial charge is 0.322 e. The summed E-state index contributed by atoms with van der Waals surface area (Å²) in [6.45, 7) is 0. The first-order chi connectivity index (χ1) is 6.64. The van der Waals surface area contributed by atoms with Gasteiger partial charge in [-0.3, -0.25) is 10.1 Å². The van der Waals surface area contributed by atoms with E-state index in [-0.39, 0.29) is 23.1 Å². The first-order valence-corrected chi connectivity index (χ1v) is 5.04. The Bertz CT molecular complexity index is 368. The number of alkyl halides is 1. The summed E-state index contributed by atoms with van der Waals surface area (Å²) >= 11 is 6.21. The topological polar surface area (TPSA) is 58.2 Å². The Kier molecular flexibility index (Phi) is 1.37. The van der Waals surface area contributed by atoms with Crippen LogP contribution in [0.25, 0.3) is 0 Å². The molecule has 0 aromatic carbocycles. The molecule has 1 saturated carbocycles. The monoisotopic (exact) mass is 212 g/mol. The number of hydrogen-bond donors (Lipinski definition) is 2. The number of imide groups is 1. The lowest BCUT2D eigenvalue weighted by molar-refractivity contribution is -0.124. The molecule has 4 atom stereocenters. The Morgan fingerprint density at radius 1 is 1.43 bits per heavy atom. The molecule has 1 saturated heterocycles. The second-order valence-electron chi connectivity index (χ2n) is 4.07. The van der Waals surface area contributed by atoms with Crippen molar-refractivity contribution in [3.8, 4) is 0 Å². The molecule has 3 rings (SSSR count). The van der Waals surface area contributed by atoms with Crippen molar-refractivity contribution >= 4 is 23.5 Å². The predicted octanol–water partition coefficient (Wildman–Crippen LogP) is 0.378. The molecule has 1 aliphatic heterocycles. The van der Waals surface area contributed by atoms with E-state index in [0.29, 0.717) is 0 Å². The van der Waals surface area contributed by atoms with Crippen LogP contribution in [-0.2, 0) is 4.79 Å². The summed E-state index contributed by atoms with van der Waals surface area (Å²) in [5.74, 6) is -0.00776. The van der Waals surface area contributed by atoms with Gasteiger partial charge in [0.2, 0.25) is 0 Å². The Morgan fingerprint density at radius 2 is 2.21 bits per heavy atom. The summed E-state index contributed by atoms with van der Waals surface area (Å²) in [5.41, 5.74) is -0.877. The van der Waals surface area contributed by atoms with Crippen LogP contribution in [-0.4, -0.2) is 22.9 Å². The van der Waals surface area contributed by atoms with Crippen LogP contribution in [0, 0.1) is 11.8 Å². The van der Waals surface area contributed by atoms with Gasteiger partial charge in [0.15, 0.2) is 0 Å². The zero-order chi connectivity index (χ0) is 9.92. The van der Waals surface area contributed by atoms with Gasteiger partial charge in [0.25, 0.3) is 5.91 Å². The van der Waals surface area contributed by atoms with E-state index >= 15 is 0 Å². The van der Waals surface area contributed by atoms with Crippen LogP contribution < -0.4 is 10.6 Å². The van der Waals surface area contributed by atoms with Crippen LogP contribution >= 0.6 is 11.6 Å². The van der Waals surface area contributed by atoms with Crippen molar-refractivity contribution in [3.05, 3.63) is 12.2 Å². The summed E-state index contributed by atoms with van der Waals surface area (Å²) < 4.78 is 0. The third kappa shape index (κ3) is 0.718. The fourth-order valence-electron chi connectivity index (χ4n) is 2.76. The molecule has 2 N–H and O–H groups in total. The molecule has 3 aliphatic rings. The van der Waals surface area contributed by atoms with Gasteiger partial charge in [-0.05, 0) is 12.3 Å². The molecule has 3 amide bonds. The molecular weight excluding hydrogens is 204 g/mol. The summed E-state index contributed by atoms with van der Waals surface area (Å²) in [7, 11) is 0. The maximum absolute atomic E-state index is 11.7. The maximum atomic E-state index is 11.7. The number of nitrogens with one attached hydrogen (secondary N) is 2. The molecule has 0 aromatic heterocycles. The molecule has 4 nitrogen and oxygen atoms in total. The van der Waals surface area contributed by atoms with Crippen molar-refractivity contribution in [1.82, 2.24) is 10.6 Å². The summed E-state index contributed by atoms with van der Waals surface area (Å²) in [6, 6.07) is -0.429. The van der Waals surface area contributed by atoms with Crippen LogP contribution in [0.2, 0.25) is 0 Å². The molecule has 1 heterocycles. The van der Waals surface area contributed by atoms with Gasteiger partial charge >= 0.3 is 6.03 Å². The highest BCUT2D eigenvalue weighted by molar-refractivity contribution is 6.26. The highest BCUT2D eigenvalue weighted by atomic mass is 35.5. The standard InChI is InChI=1S/C9H9ClN2O2/c10-6-4-1-2-5(3-4)9(6)7(13)11-8(14)12-9/h1-2,4-6H,3H2,(H2,11,12,13,14)/t4-,5+,6+,9-/m1/s1. The fraction of sp³-hybridized carbons (Fsp3) is 0.556. The average Bonchev–Trinajstić information content (AvgIpc) is 2.74. The van der Waals surface area contributed by atoms with Gasteiger partial charge in [0.1, 0.15) is 5.54 Å². The van der Waals surface area contributed by atoms with E-state index in [1.807, 2.05) is 12.2 Å². The predicted molar refractivity (Wildman–Crippen MR) is 49.8 cm³/mol. The second-order valence-corrected chi connectivity index (χ2v) is 4.54. The highest BCUT2D eigenvalue weighted by Crippen LogP contribution is 2.50. The molecule has 5 heteroatoms. The number of carbonyl (C=O) groups excluding carboxylic acids is 2. The molecule has 2 bridgehead atoms. The van der Waals surface area contributed by atoms with Gasteiger partial charge in [-0.2, -0.15) is 0 Å². The maximum Gasteiger partial charge on any atom is 0.322 e. The van der Waals surface area contributed by atoms with Gasteiger partial charge in [0.05, 0.1) is 5.38 Å². The van der Waals surface area contributed by atoms with Crippen LogP contribution in [0.1, 0.15) is 6.42 Å². The number of fused-ring (bicyclic) bond motifs is 3. The van der Waals surface area contributed by atoms with Crippen LogP contribution in [0.4, 0.5) is 4.79 Å². The van der Waals surface area contributed by atoms with Gasteiger partial charge < -0.3 is 5.32 Å². The zero-order valence-corrected chi connectivity index (χ0v) is 8.04. The lowest BCUT2D eigenvalue weighted by Gasteiger charge is -2.31. The molecule has 74 valence electrons. The average molecular weight is 213 g/mol. The van der Waals surface area contributed by atoms with Crippen molar-refractivity contribution in [2.24, 2.45) is 11.8 Å². The van der Waals surface area contributed by atoms with Gasteiger partial charge in [-0.1, -0.05) is 12.2 Å². The Labute approximate surface area is 85.7 Å². The number of halogens is 1. The molecular formula is C9H9ClN2O2. The van der Waals surface area contributed by atoms with E-state index in [1.165, 1.54) is 0 Å². The summed E-state index contributed by atoms with van der Waals surface area (Å²) in [5, 5.41) is 4.62. The number of carbonyl (C=O) groups is 2. The fourth-order valence-corrected chi connectivity index (χ4v) is 3.26. The summed E-state index contributed by atoms with van der Waals surface area (Å²) in [4.78, 5) is 22.8. The number of rotatable bonds is 0. The minimum absolute atomic E-state index is 0.0569. The first kappa shape index (κ1) is 8.29. The van der Waals surface area contributed by atoms with E-state index in [2.05, 4.69) is 10.6 Å². The van der Waals surface area contributed by atoms with E-state index in [1.54, 1.807) is 0 Å². The molecule has 0 radical (unpaired) electrons. The van der Waals surface area contributed by atoms with Gasteiger partial charge in [0, 0.05) is 5.92 Å². The number of urea groups is 1. The van der Waals surface area contributed by atoms with Crippen molar-refractivity contribution in [1.29, 1.82) is 0 Å². The van der Waals surface area contributed by atoms with Gasteiger partial charge in [-0.15, -0.1) is 11.6 Å². The van der Waals surface area contributed by atoms with Crippen LogP contribution in [0.15, 0.2) is 12.2 Å². The van der Waals surface area contributed by atoms with Crippen molar-refractivity contribution in [3.63, 3.8) is 0 Å². The van der Waals surface area contributed by atoms with E-state index in [0.717, 1.165) is 6.42 Å². The second kappa shape index (κ2) is 2.31. The minimum Gasteiger partial charge on any atom is -0.321 e. The lowest BCUT2D eigenvalue weighted by Crippen LogP contribution is -2.56. The first-order valence-electron chi connectivity index (χ1n) is 4.60. The minimum atomic E-state index is -0.877. The molecule has 2 fully saturated rings. The molecule has 14 heavy (non-hydrogen) atoms. The SMILES string of the molecule is O=C1NC(=O)[C@@]2(N1)[C@H]1C=C[C@H](C1)[C@@H]2Cl. The van der Waals surface area contributed by atoms with Crippen molar-refractivity contribution in [2.75, 3.05) is 0 Å². The van der Waals surface area contributed by atoms with Crippen LogP contribution in [0.5, 0.6) is 0 Å². The third-order valence-electron chi connectivity index (χ3n) is 3.44. The van der Waals surface area contributed by atoms with E-state index in [4.69, 9.17) is 11.6 Å². The molecule has 0 unspecified atom stereocenters. The third-order valence-corrected chi connectivity index (χ3v) is 4.10. The van der Waals surface area contributed by atoms with E-state index < -0.39 is 11.6 Å². The van der Waals surface area contributed by atoms with Crippen LogP contribution in [0.3, 0.4) is 0 Å². The van der Waals surface area contributed by atoms with Crippen molar-refractivity contribution in [2.45, 2.75) is 17.3 Å². The molecule has 2 aliphatic carbocycles. The number of allylic oxidation sites excluding steroid dienone is 1. The smallest absolute Gasteiger partial charge is 0.321 e. The molecule has 0 aromatic rings. The highest BCUT2D eigenvalue weighted by Gasteiger charge is 2.63. The number of hydrogen-bond acceptors (Lipinski definition) is 2. The van der Waals surface area contributed by atoms with Gasteiger partial charge in [-0.25, -0.2) is 4.79 Å². The van der Waals surface area contributed by atoms with Crippen molar-refractivity contribution < 1.29 is 9.59 Å². The number of amides is 3. The molecule has 1 spiro atoms. The normalized spacial score (nSPS) is 48.8.